The van der Waals surface area contributed by atoms with Gasteiger partial charge in [-0.1, -0.05) is 18.2 Å². The van der Waals surface area contributed by atoms with E-state index in [4.69, 9.17) is 9.47 Å². The fourth-order valence-corrected chi connectivity index (χ4v) is 5.03. The van der Waals surface area contributed by atoms with Crippen LogP contribution in [0.3, 0.4) is 0 Å². The van der Waals surface area contributed by atoms with Gasteiger partial charge in [-0.25, -0.2) is 18.4 Å². The number of para-hydroxylation sites is 2. The molecule has 11 nitrogen and oxygen atoms in total. The SMILES string of the molecule is COc1cc(Nc2nc3ccccc3nc2NS(=O)(=O)c2cccc(N(C)C(=O)c3ccc[nH]3)c2)cc(OC)c1. The highest BCUT2D eigenvalue weighted by Gasteiger charge is 2.22. The lowest BCUT2D eigenvalue weighted by Gasteiger charge is -2.18. The number of carbonyl (C=O) groups excluding carboxylic acids is 1. The van der Waals surface area contributed by atoms with Crippen molar-refractivity contribution in [1.82, 2.24) is 15.0 Å². The summed E-state index contributed by atoms with van der Waals surface area (Å²) < 4.78 is 40.4. The number of methoxy groups -OCH3 is 2. The van der Waals surface area contributed by atoms with Gasteiger partial charge < -0.3 is 24.7 Å². The second-order valence-corrected chi connectivity index (χ2v) is 10.4. The van der Waals surface area contributed by atoms with Gasteiger partial charge in [0.05, 0.1) is 30.1 Å². The lowest BCUT2D eigenvalue weighted by molar-refractivity contribution is 0.0989. The van der Waals surface area contributed by atoms with Gasteiger partial charge in [0.2, 0.25) is 0 Å². The van der Waals surface area contributed by atoms with Gasteiger partial charge in [0.25, 0.3) is 15.9 Å². The maximum atomic E-state index is 13.6. The second kappa shape index (κ2) is 10.9. The first-order valence-electron chi connectivity index (χ1n) is 12.1. The second-order valence-electron chi connectivity index (χ2n) is 8.69. The summed E-state index contributed by atoms with van der Waals surface area (Å²) in [6, 6.07) is 21.7. The van der Waals surface area contributed by atoms with Crippen molar-refractivity contribution >= 4 is 50.0 Å². The van der Waals surface area contributed by atoms with E-state index in [1.807, 2.05) is 6.07 Å². The zero-order chi connectivity index (χ0) is 28.3. The molecule has 40 heavy (non-hydrogen) atoms. The number of hydrogen-bond donors (Lipinski definition) is 3. The fourth-order valence-electron chi connectivity index (χ4n) is 3.98. The van der Waals surface area contributed by atoms with E-state index in [1.165, 1.54) is 31.3 Å². The van der Waals surface area contributed by atoms with Crippen LogP contribution >= 0.6 is 0 Å². The minimum Gasteiger partial charge on any atom is -0.497 e. The maximum absolute atomic E-state index is 13.6. The van der Waals surface area contributed by atoms with Crippen LogP contribution in [0.4, 0.5) is 23.0 Å². The molecule has 0 aliphatic carbocycles. The number of aromatic nitrogens is 3. The van der Waals surface area contributed by atoms with Gasteiger partial charge in [-0.2, -0.15) is 0 Å². The summed E-state index contributed by atoms with van der Waals surface area (Å²) in [5.41, 5.74) is 2.39. The minimum absolute atomic E-state index is 0.0123. The number of H-pyrrole nitrogens is 1. The molecule has 5 rings (SSSR count). The van der Waals surface area contributed by atoms with E-state index in [0.717, 1.165) is 0 Å². The molecule has 0 aliphatic rings. The summed E-state index contributed by atoms with van der Waals surface area (Å²) >= 11 is 0. The summed E-state index contributed by atoms with van der Waals surface area (Å²) in [5, 5.41) is 3.13. The Morgan fingerprint density at radius 3 is 2.15 bits per heavy atom. The summed E-state index contributed by atoms with van der Waals surface area (Å²) in [5.74, 6) is 0.919. The normalized spacial score (nSPS) is 11.2. The number of aromatic amines is 1. The van der Waals surface area contributed by atoms with E-state index in [2.05, 4.69) is 25.0 Å². The van der Waals surface area contributed by atoms with Crippen LogP contribution in [-0.4, -0.2) is 50.5 Å². The third-order valence-electron chi connectivity index (χ3n) is 6.06. The van der Waals surface area contributed by atoms with Crippen molar-refractivity contribution < 1.29 is 22.7 Å². The highest BCUT2D eigenvalue weighted by atomic mass is 32.2. The number of nitrogens with one attached hydrogen (secondary N) is 3. The molecule has 0 unspecified atom stereocenters. The zero-order valence-electron chi connectivity index (χ0n) is 21.9. The van der Waals surface area contributed by atoms with Crippen molar-refractivity contribution in [3.8, 4) is 11.5 Å². The molecule has 0 radical (unpaired) electrons. The topological polar surface area (TPSA) is 139 Å². The summed E-state index contributed by atoms with van der Waals surface area (Å²) in [6.45, 7) is 0. The predicted octanol–water partition coefficient (Wildman–Crippen LogP) is 4.80. The molecule has 1 amide bonds. The van der Waals surface area contributed by atoms with Crippen LogP contribution < -0.4 is 24.4 Å². The van der Waals surface area contributed by atoms with Crippen molar-refractivity contribution in [2.75, 3.05) is 36.2 Å². The van der Waals surface area contributed by atoms with Crippen molar-refractivity contribution in [3.05, 3.63) is 90.8 Å². The highest BCUT2D eigenvalue weighted by Crippen LogP contribution is 2.32. The molecule has 0 saturated heterocycles. The smallest absolute Gasteiger partial charge is 0.274 e. The van der Waals surface area contributed by atoms with Crippen LogP contribution in [0.2, 0.25) is 0 Å². The number of rotatable bonds is 9. The van der Waals surface area contributed by atoms with Crippen molar-refractivity contribution in [1.29, 1.82) is 0 Å². The van der Waals surface area contributed by atoms with Crippen molar-refractivity contribution in [2.24, 2.45) is 0 Å². The third-order valence-corrected chi connectivity index (χ3v) is 7.40. The first-order valence-corrected chi connectivity index (χ1v) is 13.6. The molecule has 204 valence electrons. The Morgan fingerprint density at radius 2 is 1.52 bits per heavy atom. The van der Waals surface area contributed by atoms with Crippen molar-refractivity contribution in [2.45, 2.75) is 4.90 Å². The number of benzene rings is 3. The quantitative estimate of drug-likeness (QED) is 0.235. The predicted molar refractivity (Wildman–Crippen MR) is 153 cm³/mol. The fraction of sp³-hybridized carbons (Fsp3) is 0.107. The molecule has 3 aromatic carbocycles. The minimum atomic E-state index is -4.15. The van der Waals surface area contributed by atoms with Gasteiger partial charge in [0, 0.05) is 42.8 Å². The van der Waals surface area contributed by atoms with Gasteiger partial charge in [0.15, 0.2) is 11.6 Å². The molecule has 3 N–H and O–H groups in total. The number of carbonyl (C=O) groups is 1. The van der Waals surface area contributed by atoms with Gasteiger partial charge in [-0.05, 0) is 42.5 Å². The van der Waals surface area contributed by atoms with Gasteiger partial charge in [-0.15, -0.1) is 0 Å². The van der Waals surface area contributed by atoms with Crippen LogP contribution in [-0.2, 0) is 10.0 Å². The van der Waals surface area contributed by atoms with E-state index >= 15 is 0 Å². The number of nitrogens with zero attached hydrogens (tertiary/aromatic N) is 3. The Kier molecular flexibility index (Phi) is 7.25. The van der Waals surface area contributed by atoms with Gasteiger partial charge >= 0.3 is 0 Å². The van der Waals surface area contributed by atoms with Crippen molar-refractivity contribution in [3.63, 3.8) is 0 Å². The molecule has 12 heteroatoms. The van der Waals surface area contributed by atoms with E-state index < -0.39 is 10.0 Å². The lowest BCUT2D eigenvalue weighted by Crippen LogP contribution is -2.26. The Bertz CT molecular complexity index is 1770. The molecule has 2 heterocycles. The van der Waals surface area contributed by atoms with E-state index in [-0.39, 0.29) is 22.4 Å². The molecular weight excluding hydrogens is 532 g/mol. The Hall–Kier alpha value is -5.10. The number of ether oxygens (including phenoxy) is 2. The van der Waals surface area contributed by atoms with Crippen LogP contribution in [0.1, 0.15) is 10.5 Å². The molecular formula is C28H26N6O5S. The molecule has 5 aromatic rings. The van der Waals surface area contributed by atoms with Gasteiger partial charge in [-0.3, -0.25) is 9.52 Å². The van der Waals surface area contributed by atoms with Crippen LogP contribution in [0, 0.1) is 0 Å². The Labute approximate surface area is 230 Å². The van der Waals surface area contributed by atoms with Crippen LogP contribution in [0.15, 0.2) is 90.0 Å². The first kappa shape index (κ1) is 26.5. The zero-order valence-corrected chi connectivity index (χ0v) is 22.7. The highest BCUT2D eigenvalue weighted by molar-refractivity contribution is 7.92. The number of hydrogen-bond acceptors (Lipinski definition) is 8. The third kappa shape index (κ3) is 5.52. The Balaban J connectivity index is 1.50. The molecule has 0 fully saturated rings. The summed E-state index contributed by atoms with van der Waals surface area (Å²) in [6.07, 6.45) is 1.64. The lowest BCUT2D eigenvalue weighted by atomic mass is 10.2. The van der Waals surface area contributed by atoms with E-state index in [1.54, 1.807) is 73.9 Å². The molecule has 0 aliphatic heterocycles. The summed E-state index contributed by atoms with van der Waals surface area (Å²) in [7, 11) is 0.491. The molecule has 2 aromatic heterocycles. The molecule has 0 bridgehead atoms. The largest absolute Gasteiger partial charge is 0.497 e. The number of sulfonamides is 1. The maximum Gasteiger partial charge on any atom is 0.274 e. The monoisotopic (exact) mass is 558 g/mol. The molecule has 0 saturated carbocycles. The standard InChI is InChI=1S/C28H26N6O5S/c1-34(28(35)25-12-7-13-29-25)19-8-6-9-22(16-19)40(36,37)33-27-26(31-23-10-4-5-11-24(23)32-27)30-18-14-20(38-2)17-21(15-18)39-3/h4-17,29H,1-3H3,(H,30,31)(H,32,33). The number of anilines is 4. The van der Waals surface area contributed by atoms with Gasteiger partial charge in [0.1, 0.15) is 17.2 Å². The Morgan fingerprint density at radius 1 is 0.850 bits per heavy atom. The van der Waals surface area contributed by atoms with Crippen LogP contribution in [0.5, 0.6) is 11.5 Å². The summed E-state index contributed by atoms with van der Waals surface area (Å²) in [4.78, 5) is 26.1. The first-order chi connectivity index (χ1) is 19.3. The van der Waals surface area contributed by atoms with Crippen LogP contribution in [0.25, 0.3) is 11.0 Å². The molecule has 0 atom stereocenters. The molecule has 0 spiro atoms. The average molecular weight is 559 g/mol. The van der Waals surface area contributed by atoms with E-state index in [0.29, 0.717) is 39.6 Å². The number of amides is 1. The number of fused-ring (bicyclic) bond motifs is 1. The average Bonchev–Trinajstić information content (AvgIpc) is 3.51. The van der Waals surface area contributed by atoms with E-state index in [9.17, 15) is 13.2 Å².